The minimum atomic E-state index is -0.317. The maximum absolute atomic E-state index is 13.1. The number of amides is 2. The predicted octanol–water partition coefficient (Wildman–Crippen LogP) is 5.16. The third-order valence-electron chi connectivity index (χ3n) is 8.23. The van der Waals surface area contributed by atoms with Gasteiger partial charge in [-0.05, 0) is 60.2 Å². The standard InChI is InChI=1S/C28H30ClN3O3S/c1-14-9-16(29)10-20(19(14)11-17-13-30-7-8-35-17)18-5-6-31-21-12-22(36-25(18)21)15(2)32-26(33)23-24(27(32)34)28(23,3)4/h5-6,9-10,12,15,17,23-24,30H,7-8,11,13H2,1-4H3/t15-,17+,23?,24?/m0/s1. The number of morpholine rings is 1. The van der Waals surface area contributed by atoms with Crippen molar-refractivity contribution in [3.63, 3.8) is 0 Å². The van der Waals surface area contributed by atoms with E-state index in [1.165, 1.54) is 10.5 Å². The molecule has 0 radical (unpaired) electrons. The van der Waals surface area contributed by atoms with E-state index in [0.717, 1.165) is 51.3 Å². The highest BCUT2D eigenvalue weighted by atomic mass is 35.5. The molecule has 2 amide bonds. The van der Waals surface area contributed by atoms with E-state index in [0.29, 0.717) is 11.6 Å². The molecule has 1 N–H and O–H groups in total. The monoisotopic (exact) mass is 523 g/mol. The zero-order chi connectivity index (χ0) is 25.4. The normalized spacial score (nSPS) is 25.9. The Bertz CT molecular complexity index is 1370. The van der Waals surface area contributed by atoms with Gasteiger partial charge < -0.3 is 10.1 Å². The topological polar surface area (TPSA) is 71.5 Å². The number of imide groups is 1. The van der Waals surface area contributed by atoms with Gasteiger partial charge in [-0.3, -0.25) is 19.5 Å². The summed E-state index contributed by atoms with van der Waals surface area (Å²) in [7, 11) is 0. The molecule has 1 saturated carbocycles. The second-order valence-electron chi connectivity index (χ2n) is 10.9. The van der Waals surface area contributed by atoms with Gasteiger partial charge in [0.1, 0.15) is 0 Å². The molecule has 0 bridgehead atoms. The Labute approximate surface area is 220 Å². The minimum Gasteiger partial charge on any atom is -0.375 e. The zero-order valence-electron chi connectivity index (χ0n) is 20.9. The van der Waals surface area contributed by atoms with E-state index in [2.05, 4.69) is 17.2 Å². The Balaban J connectivity index is 1.38. The molecule has 3 fully saturated rings. The number of aryl methyl sites for hydroxylation is 1. The summed E-state index contributed by atoms with van der Waals surface area (Å²) in [5.74, 6) is -0.433. The number of carbonyl (C=O) groups excluding carboxylic acids is 2. The third-order valence-corrected chi connectivity index (χ3v) is 9.77. The van der Waals surface area contributed by atoms with Crippen molar-refractivity contribution in [2.45, 2.75) is 46.3 Å². The first kappa shape index (κ1) is 24.0. The van der Waals surface area contributed by atoms with Crippen LogP contribution in [0.2, 0.25) is 5.02 Å². The fourth-order valence-corrected chi connectivity index (χ4v) is 7.57. The number of carbonyl (C=O) groups is 2. The van der Waals surface area contributed by atoms with Crippen molar-refractivity contribution >= 4 is 45.0 Å². The van der Waals surface area contributed by atoms with Gasteiger partial charge in [0, 0.05) is 41.2 Å². The maximum Gasteiger partial charge on any atom is 0.234 e. The van der Waals surface area contributed by atoms with Gasteiger partial charge in [-0.15, -0.1) is 11.3 Å². The number of hydrogen-bond donors (Lipinski definition) is 1. The molecule has 2 saturated heterocycles. The van der Waals surface area contributed by atoms with E-state index >= 15 is 0 Å². The number of ether oxygens (including phenoxy) is 1. The number of likely N-dealkylation sites (tertiary alicyclic amines) is 1. The van der Waals surface area contributed by atoms with Crippen molar-refractivity contribution in [3.8, 4) is 11.1 Å². The molecule has 1 aliphatic carbocycles. The van der Waals surface area contributed by atoms with Crippen LogP contribution in [-0.4, -0.2) is 47.5 Å². The number of nitrogens with zero attached hydrogens (tertiary/aromatic N) is 2. The second-order valence-corrected chi connectivity index (χ2v) is 12.4. The Morgan fingerprint density at radius 2 is 1.97 bits per heavy atom. The lowest BCUT2D eigenvalue weighted by molar-refractivity contribution is -0.145. The molecule has 8 heteroatoms. The van der Waals surface area contributed by atoms with Gasteiger partial charge in [-0.25, -0.2) is 0 Å². The predicted molar refractivity (Wildman–Crippen MR) is 142 cm³/mol. The first-order valence-electron chi connectivity index (χ1n) is 12.6. The quantitative estimate of drug-likeness (QED) is 0.468. The van der Waals surface area contributed by atoms with Crippen LogP contribution >= 0.6 is 22.9 Å². The van der Waals surface area contributed by atoms with Crippen LogP contribution in [0.1, 0.15) is 42.8 Å². The van der Waals surface area contributed by atoms with Crippen LogP contribution < -0.4 is 5.32 Å². The van der Waals surface area contributed by atoms with Crippen molar-refractivity contribution in [1.29, 1.82) is 0 Å². The Hall–Kier alpha value is -2.32. The van der Waals surface area contributed by atoms with Crippen molar-refractivity contribution < 1.29 is 14.3 Å². The van der Waals surface area contributed by atoms with E-state index in [9.17, 15) is 9.59 Å². The second kappa shape index (κ2) is 8.62. The summed E-state index contributed by atoms with van der Waals surface area (Å²) in [6.45, 7) is 10.5. The molecule has 3 aliphatic rings. The first-order chi connectivity index (χ1) is 17.2. The van der Waals surface area contributed by atoms with Crippen LogP contribution in [0.3, 0.4) is 0 Å². The molecule has 36 heavy (non-hydrogen) atoms. The van der Waals surface area contributed by atoms with Crippen LogP contribution in [-0.2, 0) is 20.7 Å². The third kappa shape index (κ3) is 3.71. The number of benzene rings is 1. The van der Waals surface area contributed by atoms with Gasteiger partial charge in [0.15, 0.2) is 0 Å². The molecule has 3 aromatic rings. The van der Waals surface area contributed by atoms with Crippen LogP contribution in [0, 0.1) is 24.2 Å². The highest BCUT2D eigenvalue weighted by Crippen LogP contribution is 2.64. The Kier molecular flexibility index (Phi) is 5.76. The summed E-state index contributed by atoms with van der Waals surface area (Å²) in [5.41, 5.74) is 5.16. The summed E-state index contributed by atoms with van der Waals surface area (Å²) in [6, 6.07) is 7.78. The lowest BCUT2D eigenvalue weighted by Crippen LogP contribution is -2.39. The van der Waals surface area contributed by atoms with Crippen molar-refractivity contribution in [3.05, 3.63) is 51.5 Å². The molecule has 0 spiro atoms. The van der Waals surface area contributed by atoms with Gasteiger partial charge in [0.2, 0.25) is 11.8 Å². The Morgan fingerprint density at radius 1 is 1.22 bits per heavy atom. The van der Waals surface area contributed by atoms with Crippen molar-refractivity contribution in [2.75, 3.05) is 19.7 Å². The summed E-state index contributed by atoms with van der Waals surface area (Å²) < 4.78 is 7.05. The van der Waals surface area contributed by atoms with E-state index in [-0.39, 0.29) is 41.2 Å². The summed E-state index contributed by atoms with van der Waals surface area (Å²) in [4.78, 5) is 33.2. The SMILES string of the molecule is Cc1cc(Cl)cc(-c2ccnc3cc([C@H](C)N4C(=O)C5C(C4=O)C5(C)C)sc23)c1C[C@@H]1CNCCO1. The molecular formula is C28H30ClN3O3S. The van der Waals surface area contributed by atoms with Gasteiger partial charge >= 0.3 is 0 Å². The van der Waals surface area contributed by atoms with E-state index in [1.807, 2.05) is 51.2 Å². The largest absolute Gasteiger partial charge is 0.375 e. The van der Waals surface area contributed by atoms with Gasteiger partial charge in [0.25, 0.3) is 0 Å². The first-order valence-corrected chi connectivity index (χ1v) is 13.7. The molecule has 6 nitrogen and oxygen atoms in total. The molecule has 2 aliphatic heterocycles. The molecule has 188 valence electrons. The van der Waals surface area contributed by atoms with Crippen LogP contribution in [0.5, 0.6) is 0 Å². The highest BCUT2D eigenvalue weighted by Gasteiger charge is 2.73. The smallest absolute Gasteiger partial charge is 0.234 e. The lowest BCUT2D eigenvalue weighted by Gasteiger charge is -2.26. The van der Waals surface area contributed by atoms with Crippen LogP contribution in [0.4, 0.5) is 0 Å². The number of fused-ring (bicyclic) bond motifs is 2. The molecule has 1 aromatic carbocycles. The van der Waals surface area contributed by atoms with Gasteiger partial charge in [-0.1, -0.05) is 25.4 Å². The molecule has 4 heterocycles. The van der Waals surface area contributed by atoms with E-state index < -0.39 is 0 Å². The molecule has 2 unspecified atom stereocenters. The number of nitrogens with one attached hydrogen (secondary N) is 1. The number of hydrogen-bond acceptors (Lipinski definition) is 6. The van der Waals surface area contributed by atoms with E-state index in [1.54, 1.807) is 11.3 Å². The number of pyridine rings is 1. The molecular weight excluding hydrogens is 494 g/mol. The summed E-state index contributed by atoms with van der Waals surface area (Å²) in [6.07, 6.45) is 2.72. The molecule has 2 aromatic heterocycles. The fraction of sp³-hybridized carbons (Fsp3) is 0.464. The van der Waals surface area contributed by atoms with E-state index in [4.69, 9.17) is 16.3 Å². The highest BCUT2D eigenvalue weighted by molar-refractivity contribution is 7.19. The van der Waals surface area contributed by atoms with Crippen molar-refractivity contribution in [2.24, 2.45) is 17.3 Å². The maximum atomic E-state index is 13.1. The summed E-state index contributed by atoms with van der Waals surface area (Å²) >= 11 is 8.15. The number of piperidine rings is 1. The van der Waals surface area contributed by atoms with Crippen molar-refractivity contribution in [1.82, 2.24) is 15.2 Å². The number of thiophene rings is 1. The van der Waals surface area contributed by atoms with Crippen LogP contribution in [0.15, 0.2) is 30.5 Å². The molecule has 4 atom stereocenters. The molecule has 6 rings (SSSR count). The zero-order valence-corrected chi connectivity index (χ0v) is 22.5. The number of rotatable bonds is 5. The van der Waals surface area contributed by atoms with Gasteiger partial charge in [-0.2, -0.15) is 0 Å². The number of aromatic nitrogens is 1. The fourth-order valence-electron chi connectivity index (χ4n) is 6.11. The average molecular weight is 524 g/mol. The average Bonchev–Trinajstić information content (AvgIpc) is 3.10. The minimum absolute atomic E-state index is 0.0398. The van der Waals surface area contributed by atoms with Crippen LogP contribution in [0.25, 0.3) is 21.3 Å². The lowest BCUT2D eigenvalue weighted by atomic mass is 9.92. The summed E-state index contributed by atoms with van der Waals surface area (Å²) in [5, 5.41) is 4.11. The number of halogens is 1. The van der Waals surface area contributed by atoms with Gasteiger partial charge in [0.05, 0.1) is 40.8 Å². The Morgan fingerprint density at radius 3 is 2.67 bits per heavy atom.